The number of carbonyl (C=O) groups is 1. The fourth-order valence-corrected chi connectivity index (χ4v) is 4.85. The number of halogens is 1. The topological polar surface area (TPSA) is 95.3 Å². The van der Waals surface area contributed by atoms with Gasteiger partial charge in [-0.1, -0.05) is 12.1 Å². The summed E-state index contributed by atoms with van der Waals surface area (Å²) in [6, 6.07) is 8.02. The number of likely N-dealkylation sites (tertiary alicyclic amines) is 1. The highest BCUT2D eigenvalue weighted by atomic mass is 19.1. The highest BCUT2D eigenvalue weighted by molar-refractivity contribution is 6.00. The summed E-state index contributed by atoms with van der Waals surface area (Å²) in [6.45, 7) is 7.78. The molecule has 1 amide bonds. The average molecular weight is 463 g/mol. The molecule has 2 atom stereocenters. The van der Waals surface area contributed by atoms with Gasteiger partial charge in [-0.15, -0.1) is 0 Å². The van der Waals surface area contributed by atoms with Crippen LogP contribution in [0.1, 0.15) is 35.6 Å². The number of benzene rings is 1. The maximum absolute atomic E-state index is 14.8. The SMILES string of the molecule is Cc1cc(C(C)(C)O)nc(N2C[C@H]3CN(C(=O)c4c(F)cccc4-c4ncccn4)C[C@H]3C2)n1. The van der Waals surface area contributed by atoms with Crippen molar-refractivity contribution in [2.24, 2.45) is 11.8 Å². The lowest BCUT2D eigenvalue weighted by Gasteiger charge is -2.24. The largest absolute Gasteiger partial charge is 0.384 e. The Labute approximate surface area is 197 Å². The first kappa shape index (κ1) is 22.3. The van der Waals surface area contributed by atoms with Crippen LogP contribution in [0.2, 0.25) is 0 Å². The van der Waals surface area contributed by atoms with Gasteiger partial charge in [0.15, 0.2) is 5.82 Å². The number of amides is 1. The Morgan fingerprint density at radius 3 is 2.38 bits per heavy atom. The summed E-state index contributed by atoms with van der Waals surface area (Å²) in [5, 5.41) is 10.4. The molecule has 5 rings (SSSR count). The quantitative estimate of drug-likeness (QED) is 0.637. The molecule has 0 saturated carbocycles. The van der Waals surface area contributed by atoms with E-state index in [0.29, 0.717) is 49.2 Å². The van der Waals surface area contributed by atoms with Gasteiger partial charge in [-0.05, 0) is 39.0 Å². The van der Waals surface area contributed by atoms with Crippen LogP contribution in [-0.4, -0.2) is 62.0 Å². The van der Waals surface area contributed by atoms with Gasteiger partial charge in [0.25, 0.3) is 5.91 Å². The summed E-state index contributed by atoms with van der Waals surface area (Å²) >= 11 is 0. The van der Waals surface area contributed by atoms with E-state index < -0.39 is 11.4 Å². The molecule has 2 saturated heterocycles. The van der Waals surface area contributed by atoms with Crippen molar-refractivity contribution >= 4 is 11.9 Å². The molecule has 2 aliphatic heterocycles. The van der Waals surface area contributed by atoms with Gasteiger partial charge in [0.05, 0.1) is 11.3 Å². The molecular formula is C25H27FN6O2. The number of fused-ring (bicyclic) bond motifs is 1. The monoisotopic (exact) mass is 462 g/mol. The van der Waals surface area contributed by atoms with E-state index >= 15 is 0 Å². The third-order valence-corrected chi connectivity index (χ3v) is 6.56. The van der Waals surface area contributed by atoms with Crippen LogP contribution < -0.4 is 4.90 Å². The summed E-state index contributed by atoms with van der Waals surface area (Å²) in [7, 11) is 0. The first-order valence-electron chi connectivity index (χ1n) is 11.4. The average Bonchev–Trinajstić information content (AvgIpc) is 3.38. The number of nitrogens with zero attached hydrogens (tertiary/aromatic N) is 6. The van der Waals surface area contributed by atoms with Crippen molar-refractivity contribution in [2.45, 2.75) is 26.4 Å². The molecule has 0 radical (unpaired) electrons. The van der Waals surface area contributed by atoms with Gasteiger partial charge in [-0.25, -0.2) is 24.3 Å². The molecular weight excluding hydrogens is 435 g/mol. The molecule has 0 aliphatic carbocycles. The van der Waals surface area contributed by atoms with Gasteiger partial charge in [0.2, 0.25) is 5.95 Å². The molecule has 9 heteroatoms. The molecule has 1 N–H and O–H groups in total. The lowest BCUT2D eigenvalue weighted by Crippen LogP contribution is -2.34. The van der Waals surface area contributed by atoms with Gasteiger partial charge in [0.1, 0.15) is 11.4 Å². The van der Waals surface area contributed by atoms with Gasteiger partial charge >= 0.3 is 0 Å². The van der Waals surface area contributed by atoms with Gasteiger partial charge in [-0.2, -0.15) is 0 Å². The first-order valence-corrected chi connectivity index (χ1v) is 11.4. The van der Waals surface area contributed by atoms with E-state index in [0.717, 1.165) is 5.69 Å². The smallest absolute Gasteiger partial charge is 0.257 e. The Bertz CT molecular complexity index is 1220. The van der Waals surface area contributed by atoms with E-state index in [-0.39, 0.29) is 23.3 Å². The van der Waals surface area contributed by atoms with Crippen molar-refractivity contribution in [1.82, 2.24) is 24.8 Å². The number of aliphatic hydroxyl groups is 1. The van der Waals surface area contributed by atoms with Crippen molar-refractivity contribution in [3.05, 3.63) is 65.5 Å². The predicted molar refractivity (Wildman–Crippen MR) is 125 cm³/mol. The van der Waals surface area contributed by atoms with Gasteiger partial charge in [0, 0.05) is 61.7 Å². The predicted octanol–water partition coefficient (Wildman–Crippen LogP) is 2.82. The van der Waals surface area contributed by atoms with E-state index in [1.807, 2.05) is 6.92 Å². The molecule has 0 bridgehead atoms. The number of rotatable bonds is 4. The number of anilines is 1. The number of hydrogen-bond acceptors (Lipinski definition) is 7. The van der Waals surface area contributed by atoms with E-state index in [1.54, 1.807) is 55.4 Å². The van der Waals surface area contributed by atoms with Crippen molar-refractivity contribution in [2.75, 3.05) is 31.1 Å². The van der Waals surface area contributed by atoms with E-state index in [9.17, 15) is 14.3 Å². The fraction of sp³-hybridized carbons (Fsp3) is 0.400. The van der Waals surface area contributed by atoms with E-state index in [4.69, 9.17) is 0 Å². The van der Waals surface area contributed by atoms with Crippen molar-refractivity contribution in [3.63, 3.8) is 0 Å². The molecule has 0 unspecified atom stereocenters. The Morgan fingerprint density at radius 1 is 1.06 bits per heavy atom. The minimum Gasteiger partial charge on any atom is -0.384 e. The molecule has 0 spiro atoms. The normalized spacial score (nSPS) is 20.0. The van der Waals surface area contributed by atoms with Gasteiger partial charge in [-0.3, -0.25) is 4.79 Å². The summed E-state index contributed by atoms with van der Waals surface area (Å²) in [5.41, 5.74) is 0.741. The Kier molecular flexibility index (Phi) is 5.51. The molecule has 8 nitrogen and oxygen atoms in total. The summed E-state index contributed by atoms with van der Waals surface area (Å²) in [4.78, 5) is 34.8. The summed E-state index contributed by atoms with van der Waals surface area (Å²) < 4.78 is 14.8. The third-order valence-electron chi connectivity index (χ3n) is 6.56. The number of aryl methyl sites for hydroxylation is 1. The molecule has 2 aliphatic rings. The van der Waals surface area contributed by atoms with Crippen LogP contribution in [0.15, 0.2) is 42.7 Å². The zero-order valence-electron chi connectivity index (χ0n) is 19.4. The molecule has 2 fully saturated rings. The highest BCUT2D eigenvalue weighted by Crippen LogP contribution is 2.35. The third kappa shape index (κ3) is 4.11. The van der Waals surface area contributed by atoms with Crippen LogP contribution in [0.5, 0.6) is 0 Å². The Balaban J connectivity index is 1.34. The maximum Gasteiger partial charge on any atom is 0.257 e. The van der Waals surface area contributed by atoms with Crippen LogP contribution in [0.25, 0.3) is 11.4 Å². The van der Waals surface area contributed by atoms with Crippen LogP contribution >= 0.6 is 0 Å². The maximum atomic E-state index is 14.8. The molecule has 3 aromatic rings. The second-order valence-corrected chi connectivity index (χ2v) is 9.62. The summed E-state index contributed by atoms with van der Waals surface area (Å²) in [5.74, 6) is 0.499. The molecule has 34 heavy (non-hydrogen) atoms. The van der Waals surface area contributed by atoms with Crippen molar-refractivity contribution in [3.8, 4) is 11.4 Å². The highest BCUT2D eigenvalue weighted by Gasteiger charge is 2.43. The van der Waals surface area contributed by atoms with Crippen LogP contribution in [0, 0.1) is 24.6 Å². The van der Waals surface area contributed by atoms with Crippen molar-refractivity contribution < 1.29 is 14.3 Å². The van der Waals surface area contributed by atoms with Crippen LogP contribution in [0.3, 0.4) is 0 Å². The second-order valence-electron chi connectivity index (χ2n) is 9.62. The second kappa shape index (κ2) is 8.39. The lowest BCUT2D eigenvalue weighted by atomic mass is 10.0. The first-order chi connectivity index (χ1) is 16.2. The number of aromatic nitrogens is 4. The fourth-order valence-electron chi connectivity index (χ4n) is 4.85. The minimum atomic E-state index is -1.05. The molecule has 4 heterocycles. The van der Waals surface area contributed by atoms with E-state index in [2.05, 4.69) is 24.8 Å². The number of carbonyl (C=O) groups excluding carboxylic acids is 1. The zero-order chi connectivity index (χ0) is 24.0. The minimum absolute atomic E-state index is 0.0161. The molecule has 2 aromatic heterocycles. The Hall–Kier alpha value is -3.46. The van der Waals surface area contributed by atoms with Gasteiger partial charge < -0.3 is 14.9 Å². The molecule has 176 valence electrons. The van der Waals surface area contributed by atoms with Crippen molar-refractivity contribution in [1.29, 1.82) is 0 Å². The lowest BCUT2D eigenvalue weighted by molar-refractivity contribution is 0.0735. The van der Waals surface area contributed by atoms with Crippen LogP contribution in [-0.2, 0) is 5.60 Å². The summed E-state index contributed by atoms with van der Waals surface area (Å²) in [6.07, 6.45) is 3.15. The number of hydrogen-bond donors (Lipinski definition) is 1. The molecule has 1 aromatic carbocycles. The van der Waals surface area contributed by atoms with Crippen LogP contribution in [0.4, 0.5) is 10.3 Å². The van der Waals surface area contributed by atoms with E-state index in [1.165, 1.54) is 6.07 Å². The standard InChI is InChI=1S/C25H27FN6O2/c1-15-10-20(25(2,3)34)30-24(29-15)32-13-16-11-31(12-17(16)14-32)23(33)21-18(6-4-7-19(21)26)22-27-8-5-9-28-22/h4-10,16-17,34H,11-14H2,1-3H3/t16-,17+. The Morgan fingerprint density at radius 2 is 1.74 bits per heavy atom. The zero-order valence-corrected chi connectivity index (χ0v) is 19.4.